The molecule has 0 bridgehead atoms. The van der Waals surface area contributed by atoms with Crippen molar-refractivity contribution in [1.82, 2.24) is 29.9 Å². The number of H-pyrrole nitrogens is 1. The van der Waals surface area contributed by atoms with Crippen LogP contribution >= 0.6 is 0 Å². The molecule has 3 N–H and O–H groups in total. The second kappa shape index (κ2) is 12.4. The maximum atomic E-state index is 13.9. The number of amides is 2. The number of nitrogens with one attached hydrogen (secondary N) is 3. The van der Waals surface area contributed by atoms with Gasteiger partial charge in [-0.05, 0) is 75.5 Å². The van der Waals surface area contributed by atoms with Crippen molar-refractivity contribution in [2.75, 3.05) is 44.2 Å². The van der Waals surface area contributed by atoms with Crippen molar-refractivity contribution in [3.8, 4) is 0 Å². The predicted octanol–water partition coefficient (Wildman–Crippen LogP) is 3.79. The Bertz CT molecular complexity index is 1930. The summed E-state index contributed by atoms with van der Waals surface area (Å²) < 4.78 is 1.91. The zero-order chi connectivity index (χ0) is 30.9. The highest BCUT2D eigenvalue weighted by Crippen LogP contribution is 2.26. The summed E-state index contributed by atoms with van der Waals surface area (Å²) in [4.78, 5) is 52.9. The van der Waals surface area contributed by atoms with E-state index in [0.29, 0.717) is 29.6 Å². The molecule has 45 heavy (non-hydrogen) atoms. The number of hydrogen-bond donors (Lipinski definition) is 3. The molecule has 5 heterocycles. The number of aromatic nitrogens is 3. The Kier molecular flexibility index (Phi) is 7.97. The quantitative estimate of drug-likeness (QED) is 0.248. The summed E-state index contributed by atoms with van der Waals surface area (Å²) >= 11 is 0. The van der Waals surface area contributed by atoms with Crippen molar-refractivity contribution < 1.29 is 9.59 Å². The largest absolute Gasteiger partial charge is 0.356 e. The zero-order valence-corrected chi connectivity index (χ0v) is 25.6. The zero-order valence-electron chi connectivity index (χ0n) is 25.6. The first-order chi connectivity index (χ1) is 21.9. The number of benzene rings is 2. The van der Waals surface area contributed by atoms with Crippen LogP contribution in [-0.2, 0) is 11.2 Å². The highest BCUT2D eigenvalue weighted by molar-refractivity contribution is 6.05. The minimum Gasteiger partial charge on any atom is -0.356 e. The molecule has 2 fully saturated rings. The molecule has 0 aliphatic carbocycles. The van der Waals surface area contributed by atoms with Gasteiger partial charge < -0.3 is 25.4 Å². The molecule has 0 unspecified atom stereocenters. The van der Waals surface area contributed by atoms with Gasteiger partial charge in [-0.3, -0.25) is 18.8 Å². The van der Waals surface area contributed by atoms with Crippen molar-refractivity contribution >= 4 is 45.3 Å². The van der Waals surface area contributed by atoms with Gasteiger partial charge in [-0.1, -0.05) is 42.0 Å². The fraction of sp³-hybridized carbons (Fsp3) is 0.371. The second-order valence-corrected chi connectivity index (χ2v) is 12.4. The lowest BCUT2D eigenvalue weighted by Gasteiger charge is -2.33. The van der Waals surface area contributed by atoms with E-state index in [2.05, 4.69) is 25.4 Å². The average Bonchev–Trinajstić information content (AvgIpc) is 3.70. The molecule has 2 aliphatic rings. The van der Waals surface area contributed by atoms with E-state index in [1.807, 2.05) is 65.9 Å². The van der Waals surface area contributed by atoms with Gasteiger partial charge in [-0.2, -0.15) is 0 Å². The van der Waals surface area contributed by atoms with Crippen LogP contribution in [0.2, 0.25) is 0 Å². The lowest BCUT2D eigenvalue weighted by atomic mass is 10.0. The van der Waals surface area contributed by atoms with Crippen LogP contribution in [0.3, 0.4) is 0 Å². The Morgan fingerprint density at radius 3 is 2.49 bits per heavy atom. The standard InChI is InChI=1S/C35H39N7O3/c1-23-8-10-24(11-9-23)22-30(43)37-25-14-19-41(20-15-25)29-13-12-26-32(44)31(35(45)36-16-21-40-17-4-5-18-40)34-38-27-6-2-3-7-28(27)42(34)33(26)39-29/h2-3,6-13,25,38H,4-5,14-22H2,1H3,(H,36,45)(H,37,43). The number of fused-ring (bicyclic) bond motifs is 5. The molecule has 2 saturated heterocycles. The summed E-state index contributed by atoms with van der Waals surface area (Å²) in [6.45, 7) is 6.87. The number of anilines is 1. The Balaban J connectivity index is 1.12. The number of pyridine rings is 2. The van der Waals surface area contributed by atoms with Crippen molar-refractivity contribution in [2.45, 2.75) is 45.1 Å². The molecular weight excluding hydrogens is 566 g/mol. The molecule has 0 radical (unpaired) electrons. The number of piperidine rings is 1. The van der Waals surface area contributed by atoms with Gasteiger partial charge in [0.25, 0.3) is 5.91 Å². The van der Waals surface area contributed by atoms with Gasteiger partial charge in [0.05, 0.1) is 22.8 Å². The Labute approximate surface area is 261 Å². The topological polar surface area (TPSA) is 115 Å². The number of nitrogens with zero attached hydrogens (tertiary/aromatic N) is 4. The molecule has 10 heteroatoms. The number of rotatable bonds is 8. The van der Waals surface area contributed by atoms with Gasteiger partial charge in [0, 0.05) is 32.2 Å². The first-order valence-corrected chi connectivity index (χ1v) is 16.0. The second-order valence-electron chi connectivity index (χ2n) is 12.4. The first-order valence-electron chi connectivity index (χ1n) is 16.0. The third-order valence-electron chi connectivity index (χ3n) is 9.21. The number of aryl methyl sites for hydroxylation is 1. The molecule has 2 amide bonds. The molecule has 7 rings (SSSR count). The molecular formula is C35H39N7O3. The van der Waals surface area contributed by atoms with E-state index in [0.717, 1.165) is 68.0 Å². The molecule has 2 aliphatic heterocycles. The van der Waals surface area contributed by atoms with Gasteiger partial charge in [0.15, 0.2) is 5.65 Å². The van der Waals surface area contributed by atoms with E-state index < -0.39 is 0 Å². The van der Waals surface area contributed by atoms with Crippen LogP contribution in [0, 0.1) is 6.92 Å². The number of carbonyl (C=O) groups is 2. The lowest BCUT2D eigenvalue weighted by molar-refractivity contribution is -0.121. The van der Waals surface area contributed by atoms with Gasteiger partial charge in [0.1, 0.15) is 17.0 Å². The maximum absolute atomic E-state index is 13.9. The van der Waals surface area contributed by atoms with Crippen LogP contribution < -0.4 is 21.0 Å². The SMILES string of the molecule is Cc1ccc(CC(=O)NC2CCN(c3ccc4c(=O)c(C(=O)NCCN5CCCC5)c5[nH]c6ccccc6n5c4n3)CC2)cc1. The number of imidazole rings is 1. The summed E-state index contributed by atoms with van der Waals surface area (Å²) in [7, 11) is 0. The average molecular weight is 606 g/mol. The number of carbonyl (C=O) groups excluding carboxylic acids is 2. The fourth-order valence-electron chi connectivity index (χ4n) is 6.73. The van der Waals surface area contributed by atoms with E-state index in [9.17, 15) is 14.4 Å². The highest BCUT2D eigenvalue weighted by atomic mass is 16.2. The molecule has 10 nitrogen and oxygen atoms in total. The van der Waals surface area contributed by atoms with E-state index in [-0.39, 0.29) is 28.8 Å². The third kappa shape index (κ3) is 5.90. The van der Waals surface area contributed by atoms with Crippen molar-refractivity contribution in [2.24, 2.45) is 0 Å². The van der Waals surface area contributed by atoms with Gasteiger partial charge in [-0.25, -0.2) is 4.98 Å². The number of aromatic amines is 1. The number of hydrogen-bond acceptors (Lipinski definition) is 6. The third-order valence-corrected chi connectivity index (χ3v) is 9.21. The van der Waals surface area contributed by atoms with Crippen molar-refractivity contribution in [3.63, 3.8) is 0 Å². The van der Waals surface area contributed by atoms with Gasteiger partial charge >= 0.3 is 0 Å². The smallest absolute Gasteiger partial charge is 0.259 e. The van der Waals surface area contributed by atoms with Crippen LogP contribution in [0.4, 0.5) is 5.82 Å². The van der Waals surface area contributed by atoms with Gasteiger partial charge in [0.2, 0.25) is 11.3 Å². The number of para-hydroxylation sites is 2. The molecule has 0 atom stereocenters. The maximum Gasteiger partial charge on any atom is 0.259 e. The lowest BCUT2D eigenvalue weighted by Crippen LogP contribution is -2.45. The Morgan fingerprint density at radius 1 is 0.956 bits per heavy atom. The minimum absolute atomic E-state index is 0.0399. The summed E-state index contributed by atoms with van der Waals surface area (Å²) in [5.74, 6) is 0.437. The summed E-state index contributed by atoms with van der Waals surface area (Å²) in [5.41, 5.74) is 4.62. The van der Waals surface area contributed by atoms with Gasteiger partial charge in [-0.15, -0.1) is 0 Å². The molecule has 232 valence electrons. The fourth-order valence-corrected chi connectivity index (χ4v) is 6.73. The predicted molar refractivity (Wildman–Crippen MR) is 177 cm³/mol. The van der Waals surface area contributed by atoms with Crippen LogP contribution in [0.1, 0.15) is 47.2 Å². The van der Waals surface area contributed by atoms with E-state index in [1.165, 1.54) is 18.4 Å². The normalized spacial score (nSPS) is 16.2. The molecule has 2 aromatic carbocycles. The minimum atomic E-state index is -0.374. The molecule has 0 spiro atoms. The van der Waals surface area contributed by atoms with Crippen LogP contribution in [0.5, 0.6) is 0 Å². The first kappa shape index (κ1) is 29.0. The van der Waals surface area contributed by atoms with Crippen LogP contribution in [0.15, 0.2) is 65.5 Å². The van der Waals surface area contributed by atoms with Crippen molar-refractivity contribution in [3.05, 3.63) is 87.6 Å². The Hall–Kier alpha value is -4.70. The monoisotopic (exact) mass is 605 g/mol. The van der Waals surface area contributed by atoms with E-state index in [4.69, 9.17) is 4.98 Å². The summed E-state index contributed by atoms with van der Waals surface area (Å²) in [6.07, 6.45) is 4.36. The van der Waals surface area contributed by atoms with Crippen molar-refractivity contribution in [1.29, 1.82) is 0 Å². The van der Waals surface area contributed by atoms with E-state index >= 15 is 0 Å². The molecule has 5 aromatic rings. The van der Waals surface area contributed by atoms with E-state index in [1.54, 1.807) is 6.07 Å². The highest BCUT2D eigenvalue weighted by Gasteiger charge is 2.25. The Morgan fingerprint density at radius 2 is 1.71 bits per heavy atom. The summed E-state index contributed by atoms with van der Waals surface area (Å²) in [5, 5.41) is 6.60. The van der Waals surface area contributed by atoms with Crippen LogP contribution in [0.25, 0.3) is 27.7 Å². The molecule has 0 saturated carbocycles. The summed E-state index contributed by atoms with van der Waals surface area (Å²) in [6, 6.07) is 19.6. The number of likely N-dealkylation sites (tertiary alicyclic amines) is 1. The molecule has 3 aromatic heterocycles. The van der Waals surface area contributed by atoms with Crippen LogP contribution in [-0.4, -0.2) is 76.4 Å².